The number of rotatable bonds is 4. The molecule has 6 heteroatoms. The molecule has 0 unspecified atom stereocenters. The lowest BCUT2D eigenvalue weighted by Gasteiger charge is -2.21. The van der Waals surface area contributed by atoms with Crippen LogP contribution in [0.25, 0.3) is 0 Å². The monoisotopic (exact) mass is 259 g/mol. The zero-order valence-corrected chi connectivity index (χ0v) is 11.2. The number of sulfone groups is 1. The van der Waals surface area contributed by atoms with Crippen molar-refractivity contribution in [2.45, 2.75) is 23.6 Å². The molecule has 0 saturated heterocycles. The van der Waals surface area contributed by atoms with Gasteiger partial charge in [-0.05, 0) is 26.0 Å². The fourth-order valence-electron chi connectivity index (χ4n) is 1.28. The number of nitrogens with two attached hydrogens (primary N) is 1. The molecule has 5 nitrogen and oxygen atoms in total. The molecule has 0 aliphatic heterocycles. The standard InChI is InChI=1S/C11H17NO4S/c1-11(2,12)17(13,14)10-6-5-8(15-3)7-9(10)16-4/h5-7H,12H2,1-4H3. The minimum atomic E-state index is -3.65. The van der Waals surface area contributed by atoms with E-state index in [4.69, 9.17) is 15.2 Å². The van der Waals surface area contributed by atoms with Gasteiger partial charge in [-0.15, -0.1) is 0 Å². The van der Waals surface area contributed by atoms with Crippen molar-refractivity contribution in [3.8, 4) is 11.5 Å². The number of hydrogen-bond donors (Lipinski definition) is 1. The Kier molecular flexibility index (Phi) is 3.68. The van der Waals surface area contributed by atoms with E-state index in [1.165, 1.54) is 40.2 Å². The first-order chi connectivity index (χ1) is 7.74. The first-order valence-electron chi connectivity index (χ1n) is 4.99. The van der Waals surface area contributed by atoms with E-state index in [0.717, 1.165) is 0 Å². The van der Waals surface area contributed by atoms with E-state index >= 15 is 0 Å². The molecule has 0 aliphatic carbocycles. The van der Waals surface area contributed by atoms with Crippen molar-refractivity contribution in [1.82, 2.24) is 0 Å². The molecule has 2 N–H and O–H groups in total. The minimum Gasteiger partial charge on any atom is -0.497 e. The molecule has 0 saturated carbocycles. The van der Waals surface area contributed by atoms with Gasteiger partial charge in [0.25, 0.3) is 0 Å². The van der Waals surface area contributed by atoms with Gasteiger partial charge >= 0.3 is 0 Å². The Balaban J connectivity index is 3.43. The Morgan fingerprint density at radius 3 is 2.18 bits per heavy atom. The highest BCUT2D eigenvalue weighted by Gasteiger charge is 2.34. The summed E-state index contributed by atoms with van der Waals surface area (Å²) in [6.45, 7) is 2.87. The summed E-state index contributed by atoms with van der Waals surface area (Å²) >= 11 is 0. The summed E-state index contributed by atoms with van der Waals surface area (Å²) < 4.78 is 34.4. The lowest BCUT2D eigenvalue weighted by Crippen LogP contribution is -2.41. The van der Waals surface area contributed by atoms with Crippen LogP contribution < -0.4 is 15.2 Å². The van der Waals surface area contributed by atoms with Gasteiger partial charge in [0, 0.05) is 6.07 Å². The Labute approximate surface area is 101 Å². The smallest absolute Gasteiger partial charge is 0.199 e. The number of ether oxygens (including phenoxy) is 2. The fourth-order valence-corrected chi connectivity index (χ4v) is 2.50. The van der Waals surface area contributed by atoms with E-state index in [9.17, 15) is 8.42 Å². The third kappa shape index (κ3) is 2.53. The molecule has 0 aromatic heterocycles. The lowest BCUT2D eigenvalue weighted by molar-refractivity contribution is 0.385. The molecule has 1 aromatic carbocycles. The second-order valence-electron chi connectivity index (χ2n) is 4.12. The summed E-state index contributed by atoms with van der Waals surface area (Å²) in [6.07, 6.45) is 0. The van der Waals surface area contributed by atoms with Crippen molar-refractivity contribution >= 4 is 9.84 Å². The molecule has 0 spiro atoms. The third-order valence-electron chi connectivity index (χ3n) is 2.35. The van der Waals surface area contributed by atoms with Crippen molar-refractivity contribution in [1.29, 1.82) is 0 Å². The Morgan fingerprint density at radius 2 is 1.76 bits per heavy atom. The average Bonchev–Trinajstić information content (AvgIpc) is 2.26. The molecule has 17 heavy (non-hydrogen) atoms. The Bertz CT molecular complexity index is 503. The van der Waals surface area contributed by atoms with Gasteiger partial charge in [-0.3, -0.25) is 0 Å². The number of benzene rings is 1. The van der Waals surface area contributed by atoms with Crippen molar-refractivity contribution in [3.05, 3.63) is 18.2 Å². The minimum absolute atomic E-state index is 0.0632. The van der Waals surface area contributed by atoms with Gasteiger partial charge < -0.3 is 15.2 Å². The van der Waals surface area contributed by atoms with E-state index in [1.54, 1.807) is 6.07 Å². The molecule has 0 amide bonds. The third-order valence-corrected chi connectivity index (χ3v) is 4.65. The van der Waals surface area contributed by atoms with Gasteiger partial charge in [-0.2, -0.15) is 0 Å². The normalized spacial score (nSPS) is 12.3. The molecule has 1 rings (SSSR count). The maximum Gasteiger partial charge on any atom is 0.199 e. The van der Waals surface area contributed by atoms with Crippen LogP contribution in [-0.4, -0.2) is 27.5 Å². The predicted octanol–water partition coefficient (Wildman–Crippen LogP) is 1.17. The maximum atomic E-state index is 12.2. The molecule has 0 atom stereocenters. The molecule has 0 heterocycles. The van der Waals surface area contributed by atoms with E-state index in [2.05, 4.69) is 0 Å². The molecular weight excluding hydrogens is 242 g/mol. The molecule has 1 aromatic rings. The van der Waals surface area contributed by atoms with Gasteiger partial charge in [0.1, 0.15) is 21.3 Å². The highest BCUT2D eigenvalue weighted by atomic mass is 32.2. The highest BCUT2D eigenvalue weighted by Crippen LogP contribution is 2.32. The molecule has 0 aliphatic rings. The summed E-state index contributed by atoms with van der Waals surface area (Å²) in [5.74, 6) is 0.749. The van der Waals surface area contributed by atoms with Crippen molar-refractivity contribution in [3.63, 3.8) is 0 Å². The first kappa shape index (κ1) is 13.8. The largest absolute Gasteiger partial charge is 0.497 e. The van der Waals surface area contributed by atoms with Crippen LogP contribution in [0.1, 0.15) is 13.8 Å². The topological polar surface area (TPSA) is 78.6 Å². The summed E-state index contributed by atoms with van der Waals surface area (Å²) in [5.41, 5.74) is 5.66. The Morgan fingerprint density at radius 1 is 1.18 bits per heavy atom. The fraction of sp³-hybridized carbons (Fsp3) is 0.455. The summed E-state index contributed by atoms with van der Waals surface area (Å²) in [6, 6.07) is 4.50. The van der Waals surface area contributed by atoms with E-state index in [0.29, 0.717) is 5.75 Å². The second kappa shape index (κ2) is 4.54. The van der Waals surface area contributed by atoms with Gasteiger partial charge in [0.05, 0.1) is 14.2 Å². The van der Waals surface area contributed by atoms with Crippen LogP contribution in [0.5, 0.6) is 11.5 Å². The molecule has 0 bridgehead atoms. The van der Waals surface area contributed by atoms with Crippen molar-refractivity contribution < 1.29 is 17.9 Å². The van der Waals surface area contributed by atoms with Crippen LogP contribution in [-0.2, 0) is 9.84 Å². The van der Waals surface area contributed by atoms with Gasteiger partial charge in [-0.1, -0.05) is 0 Å². The van der Waals surface area contributed by atoms with E-state index < -0.39 is 14.7 Å². The summed E-state index contributed by atoms with van der Waals surface area (Å²) in [4.78, 5) is -1.30. The number of methoxy groups -OCH3 is 2. The van der Waals surface area contributed by atoms with E-state index in [-0.39, 0.29) is 10.6 Å². The molecule has 0 fully saturated rings. The lowest BCUT2D eigenvalue weighted by atomic mass is 10.3. The first-order valence-corrected chi connectivity index (χ1v) is 6.48. The zero-order chi connectivity index (χ0) is 13.3. The predicted molar refractivity (Wildman–Crippen MR) is 65.0 cm³/mol. The van der Waals surface area contributed by atoms with E-state index in [1.807, 2.05) is 0 Å². The van der Waals surface area contributed by atoms with Gasteiger partial charge in [0.2, 0.25) is 0 Å². The number of hydrogen-bond acceptors (Lipinski definition) is 5. The maximum absolute atomic E-state index is 12.2. The van der Waals surface area contributed by atoms with Crippen LogP contribution in [0.2, 0.25) is 0 Å². The van der Waals surface area contributed by atoms with Crippen LogP contribution in [0.3, 0.4) is 0 Å². The molecular formula is C11H17NO4S. The second-order valence-corrected chi connectivity index (χ2v) is 6.62. The SMILES string of the molecule is COc1ccc(S(=O)(=O)C(C)(C)N)c(OC)c1. The van der Waals surface area contributed by atoms with Gasteiger partial charge in [0.15, 0.2) is 9.84 Å². The summed E-state index contributed by atoms with van der Waals surface area (Å²) in [7, 11) is -0.751. The molecule has 96 valence electrons. The highest BCUT2D eigenvalue weighted by molar-refractivity contribution is 7.92. The average molecular weight is 259 g/mol. The zero-order valence-electron chi connectivity index (χ0n) is 10.4. The van der Waals surface area contributed by atoms with Crippen LogP contribution in [0.4, 0.5) is 0 Å². The molecule has 0 radical (unpaired) electrons. The van der Waals surface area contributed by atoms with Crippen molar-refractivity contribution in [2.75, 3.05) is 14.2 Å². The van der Waals surface area contributed by atoms with Crippen LogP contribution >= 0.6 is 0 Å². The Hall–Kier alpha value is -1.27. The van der Waals surface area contributed by atoms with Crippen LogP contribution in [0, 0.1) is 0 Å². The van der Waals surface area contributed by atoms with Crippen molar-refractivity contribution in [2.24, 2.45) is 5.73 Å². The quantitative estimate of drug-likeness (QED) is 0.878. The summed E-state index contributed by atoms with van der Waals surface area (Å²) in [5, 5.41) is 0. The van der Waals surface area contributed by atoms with Gasteiger partial charge in [-0.25, -0.2) is 8.42 Å². The van der Waals surface area contributed by atoms with Crippen LogP contribution in [0.15, 0.2) is 23.1 Å².